The number of aryl methyl sites for hydroxylation is 1. The van der Waals surface area contributed by atoms with Gasteiger partial charge in [-0.25, -0.2) is 13.1 Å². The molecule has 0 radical (unpaired) electrons. The third kappa shape index (κ3) is 3.32. The Hall–Kier alpha value is -0.430. The Bertz CT molecular complexity index is 490. The zero-order valence-electron chi connectivity index (χ0n) is 10.8. The van der Waals surface area contributed by atoms with Crippen molar-refractivity contribution in [1.29, 1.82) is 0 Å². The summed E-state index contributed by atoms with van der Waals surface area (Å²) >= 11 is 1.64. The second-order valence-corrected chi connectivity index (χ2v) is 8.11. The van der Waals surface area contributed by atoms with Crippen LogP contribution in [0.25, 0.3) is 0 Å². The van der Waals surface area contributed by atoms with Crippen LogP contribution in [0.3, 0.4) is 0 Å². The van der Waals surface area contributed by atoms with Gasteiger partial charge in [0, 0.05) is 16.3 Å². The summed E-state index contributed by atoms with van der Waals surface area (Å²) in [7, 11) is -3.23. The fraction of sp³-hybridized carbons (Fsp3) is 0.667. The fourth-order valence-electron chi connectivity index (χ4n) is 2.17. The van der Waals surface area contributed by atoms with Crippen LogP contribution in [0.2, 0.25) is 0 Å². The number of piperidine rings is 1. The van der Waals surface area contributed by atoms with Crippen molar-refractivity contribution in [3.05, 3.63) is 21.9 Å². The van der Waals surface area contributed by atoms with Crippen LogP contribution in [0.4, 0.5) is 0 Å². The second-order valence-electron chi connectivity index (χ2n) is 4.80. The van der Waals surface area contributed by atoms with Crippen molar-refractivity contribution in [2.45, 2.75) is 38.0 Å². The number of thiophene rings is 1. The maximum atomic E-state index is 12.2. The van der Waals surface area contributed by atoms with E-state index in [4.69, 9.17) is 0 Å². The molecule has 6 heteroatoms. The van der Waals surface area contributed by atoms with Gasteiger partial charge in [0.1, 0.15) is 0 Å². The standard InChI is InChI=1S/C12H20N2O2S2/c1-9-5-6-12(17-9)10(2)14-18(15,16)11-4-3-7-13-8-11/h5-6,10-11,13-14H,3-4,7-8H2,1-2H3. The molecule has 0 aliphatic carbocycles. The molecule has 1 aliphatic heterocycles. The maximum absolute atomic E-state index is 12.2. The Morgan fingerprint density at radius 2 is 2.28 bits per heavy atom. The number of nitrogens with one attached hydrogen (secondary N) is 2. The van der Waals surface area contributed by atoms with Gasteiger partial charge in [0.25, 0.3) is 0 Å². The van der Waals surface area contributed by atoms with Crippen LogP contribution >= 0.6 is 11.3 Å². The summed E-state index contributed by atoms with van der Waals surface area (Å²) in [4.78, 5) is 2.27. The zero-order valence-corrected chi connectivity index (χ0v) is 12.4. The molecule has 2 N–H and O–H groups in total. The monoisotopic (exact) mass is 288 g/mol. The van der Waals surface area contributed by atoms with Crippen LogP contribution < -0.4 is 10.0 Å². The predicted molar refractivity (Wildman–Crippen MR) is 75.4 cm³/mol. The van der Waals surface area contributed by atoms with Crippen LogP contribution in [0.5, 0.6) is 0 Å². The van der Waals surface area contributed by atoms with Crippen molar-refractivity contribution in [3.8, 4) is 0 Å². The highest BCUT2D eigenvalue weighted by Gasteiger charge is 2.28. The summed E-state index contributed by atoms with van der Waals surface area (Å²) in [6.07, 6.45) is 1.68. The minimum absolute atomic E-state index is 0.143. The Balaban J connectivity index is 2.03. The van der Waals surface area contributed by atoms with Gasteiger partial charge in [-0.3, -0.25) is 0 Å². The van der Waals surface area contributed by atoms with E-state index in [2.05, 4.69) is 10.0 Å². The first-order valence-corrected chi connectivity index (χ1v) is 8.63. The SMILES string of the molecule is Cc1ccc(C(C)NS(=O)(=O)C2CCCNC2)s1. The molecule has 102 valence electrons. The Morgan fingerprint density at radius 1 is 1.50 bits per heavy atom. The molecule has 1 aromatic rings. The highest BCUT2D eigenvalue weighted by Crippen LogP contribution is 2.24. The molecule has 2 atom stereocenters. The van der Waals surface area contributed by atoms with Gasteiger partial charge in [0.05, 0.1) is 11.3 Å². The van der Waals surface area contributed by atoms with Crippen molar-refractivity contribution in [2.24, 2.45) is 0 Å². The lowest BCUT2D eigenvalue weighted by Crippen LogP contribution is -2.44. The van der Waals surface area contributed by atoms with Crippen molar-refractivity contribution >= 4 is 21.4 Å². The number of hydrogen-bond acceptors (Lipinski definition) is 4. The van der Waals surface area contributed by atoms with Gasteiger partial charge in [-0.2, -0.15) is 0 Å². The molecule has 1 fully saturated rings. The van der Waals surface area contributed by atoms with Gasteiger partial charge in [0.2, 0.25) is 10.0 Å². The van der Waals surface area contributed by atoms with E-state index in [0.29, 0.717) is 6.54 Å². The van der Waals surface area contributed by atoms with Crippen molar-refractivity contribution < 1.29 is 8.42 Å². The summed E-state index contributed by atoms with van der Waals surface area (Å²) in [5.41, 5.74) is 0. The lowest BCUT2D eigenvalue weighted by atomic mass is 10.2. The predicted octanol–water partition coefficient (Wildman–Crippen LogP) is 1.79. The van der Waals surface area contributed by atoms with E-state index < -0.39 is 10.0 Å². The third-order valence-electron chi connectivity index (χ3n) is 3.22. The fourth-order valence-corrected chi connectivity index (χ4v) is 4.75. The lowest BCUT2D eigenvalue weighted by Gasteiger charge is -2.24. The van der Waals surface area contributed by atoms with Crippen LogP contribution in [-0.4, -0.2) is 26.8 Å². The molecule has 2 heterocycles. The molecule has 0 saturated carbocycles. The lowest BCUT2D eigenvalue weighted by molar-refractivity contribution is 0.485. The summed E-state index contributed by atoms with van der Waals surface area (Å²) < 4.78 is 27.3. The van der Waals surface area contributed by atoms with Crippen LogP contribution in [0.15, 0.2) is 12.1 Å². The second kappa shape index (κ2) is 5.69. The highest BCUT2D eigenvalue weighted by molar-refractivity contribution is 7.90. The summed E-state index contributed by atoms with van der Waals surface area (Å²) in [5, 5.41) is 2.84. The van der Waals surface area contributed by atoms with Gasteiger partial charge in [0.15, 0.2) is 0 Å². The van der Waals surface area contributed by atoms with Gasteiger partial charge in [-0.15, -0.1) is 11.3 Å². The largest absolute Gasteiger partial charge is 0.315 e. The van der Waals surface area contributed by atoms with E-state index in [1.54, 1.807) is 11.3 Å². The first kappa shape index (κ1) is 14.0. The van der Waals surface area contributed by atoms with Gasteiger partial charge >= 0.3 is 0 Å². The minimum Gasteiger partial charge on any atom is -0.315 e. The van der Waals surface area contributed by atoms with E-state index in [1.807, 2.05) is 26.0 Å². The molecule has 1 aromatic heterocycles. The Kier molecular flexibility index (Phi) is 4.42. The first-order valence-electron chi connectivity index (χ1n) is 6.27. The molecule has 2 rings (SSSR count). The number of sulfonamides is 1. The number of rotatable bonds is 4. The summed E-state index contributed by atoms with van der Waals surface area (Å²) in [6.45, 7) is 5.41. The Labute approximate surface area is 113 Å². The molecule has 0 aromatic carbocycles. The van der Waals surface area contributed by atoms with E-state index in [1.165, 1.54) is 4.88 Å². The molecular weight excluding hydrogens is 268 g/mol. The highest BCUT2D eigenvalue weighted by atomic mass is 32.2. The maximum Gasteiger partial charge on any atom is 0.216 e. The Morgan fingerprint density at radius 3 is 2.83 bits per heavy atom. The summed E-state index contributed by atoms with van der Waals surface area (Å²) in [6, 6.07) is 3.87. The smallest absolute Gasteiger partial charge is 0.216 e. The van der Waals surface area contributed by atoms with Crippen molar-refractivity contribution in [3.63, 3.8) is 0 Å². The average Bonchev–Trinajstić information content (AvgIpc) is 2.77. The quantitative estimate of drug-likeness (QED) is 0.888. The van der Waals surface area contributed by atoms with E-state index in [0.717, 1.165) is 24.3 Å². The molecule has 0 amide bonds. The topological polar surface area (TPSA) is 58.2 Å². The zero-order chi connectivity index (χ0) is 13.2. The number of hydrogen-bond donors (Lipinski definition) is 2. The van der Waals surface area contributed by atoms with Crippen LogP contribution in [-0.2, 0) is 10.0 Å². The summed E-state index contributed by atoms with van der Waals surface area (Å²) in [5.74, 6) is 0. The van der Waals surface area contributed by atoms with Gasteiger partial charge in [-0.1, -0.05) is 0 Å². The van der Waals surface area contributed by atoms with Crippen molar-refractivity contribution in [1.82, 2.24) is 10.0 Å². The molecule has 18 heavy (non-hydrogen) atoms. The average molecular weight is 288 g/mol. The third-order valence-corrected chi connectivity index (χ3v) is 6.36. The molecule has 1 aliphatic rings. The van der Waals surface area contributed by atoms with E-state index >= 15 is 0 Å². The molecule has 0 bridgehead atoms. The van der Waals surface area contributed by atoms with Gasteiger partial charge < -0.3 is 5.32 Å². The normalized spacial score (nSPS) is 22.9. The van der Waals surface area contributed by atoms with Crippen LogP contribution in [0, 0.1) is 6.92 Å². The van der Waals surface area contributed by atoms with Crippen molar-refractivity contribution in [2.75, 3.05) is 13.1 Å². The van der Waals surface area contributed by atoms with E-state index in [9.17, 15) is 8.42 Å². The first-order chi connectivity index (χ1) is 8.49. The molecule has 4 nitrogen and oxygen atoms in total. The molecule has 0 spiro atoms. The molecule has 2 unspecified atom stereocenters. The minimum atomic E-state index is -3.23. The molecule has 1 saturated heterocycles. The van der Waals surface area contributed by atoms with E-state index in [-0.39, 0.29) is 11.3 Å². The van der Waals surface area contributed by atoms with Gasteiger partial charge in [-0.05, 0) is 45.4 Å². The molecular formula is C12H20N2O2S2. The van der Waals surface area contributed by atoms with Crippen LogP contribution in [0.1, 0.15) is 35.6 Å².